The van der Waals surface area contributed by atoms with E-state index >= 15 is 0 Å². The lowest BCUT2D eigenvalue weighted by Gasteiger charge is -2.34. The lowest BCUT2D eigenvalue weighted by atomic mass is 10.1. The smallest absolute Gasteiger partial charge is 0.372 e. The summed E-state index contributed by atoms with van der Waals surface area (Å²) in [7, 11) is -0.648. The standard InChI is InChI=1S/C4H7BO4/c1-3(2)4(6)8-5(7-3)9-4/h6H,1-2H3. The zero-order chi connectivity index (χ0) is 6.70. The Morgan fingerprint density at radius 3 is 1.89 bits per heavy atom. The van der Waals surface area contributed by atoms with Gasteiger partial charge in [-0.2, -0.15) is 0 Å². The molecule has 3 fully saturated rings. The van der Waals surface area contributed by atoms with E-state index in [0.29, 0.717) is 0 Å². The third-order valence-corrected chi connectivity index (χ3v) is 1.66. The highest BCUT2D eigenvalue weighted by atomic mass is 17.0. The summed E-state index contributed by atoms with van der Waals surface area (Å²) in [5.74, 6) is -1.49. The van der Waals surface area contributed by atoms with E-state index in [-0.39, 0.29) is 0 Å². The van der Waals surface area contributed by atoms with Crippen molar-refractivity contribution in [1.29, 1.82) is 0 Å². The first-order valence-corrected chi connectivity index (χ1v) is 2.79. The minimum Gasteiger partial charge on any atom is -0.372 e. The van der Waals surface area contributed by atoms with Crippen LogP contribution < -0.4 is 0 Å². The predicted molar refractivity (Wildman–Crippen MR) is 28.0 cm³/mol. The molecule has 0 unspecified atom stereocenters. The maximum atomic E-state index is 9.22. The Kier molecular flexibility index (Phi) is 0.741. The molecule has 5 heteroatoms. The quantitative estimate of drug-likeness (QED) is 0.448. The second-order valence-electron chi connectivity index (χ2n) is 2.73. The second kappa shape index (κ2) is 1.18. The number of rotatable bonds is 0. The molecule has 4 nitrogen and oxygen atoms in total. The summed E-state index contributed by atoms with van der Waals surface area (Å²) in [5, 5.41) is 9.22. The van der Waals surface area contributed by atoms with Crippen LogP contribution in [0.5, 0.6) is 0 Å². The molecule has 0 aromatic carbocycles. The van der Waals surface area contributed by atoms with Crippen LogP contribution in [0.15, 0.2) is 0 Å². The molecule has 1 N–H and O–H groups in total. The van der Waals surface area contributed by atoms with E-state index in [0.717, 1.165) is 0 Å². The molecule has 3 aliphatic rings. The monoisotopic (exact) mass is 130 g/mol. The van der Waals surface area contributed by atoms with Crippen molar-refractivity contribution < 1.29 is 19.1 Å². The van der Waals surface area contributed by atoms with Gasteiger partial charge in [-0.3, -0.25) is 0 Å². The predicted octanol–water partition coefficient (Wildman–Crippen LogP) is -0.527. The van der Waals surface area contributed by atoms with Crippen molar-refractivity contribution in [3.8, 4) is 0 Å². The van der Waals surface area contributed by atoms with Crippen molar-refractivity contribution in [1.82, 2.24) is 0 Å². The number of aliphatic hydroxyl groups is 1. The Hall–Kier alpha value is -0.0951. The molecule has 2 bridgehead atoms. The van der Waals surface area contributed by atoms with Crippen LogP contribution in [0.3, 0.4) is 0 Å². The van der Waals surface area contributed by atoms with Crippen molar-refractivity contribution in [3.05, 3.63) is 0 Å². The third kappa shape index (κ3) is 0.482. The molecular weight excluding hydrogens is 123 g/mol. The zero-order valence-corrected chi connectivity index (χ0v) is 5.25. The molecule has 50 valence electrons. The van der Waals surface area contributed by atoms with Crippen LogP contribution >= 0.6 is 0 Å². The highest BCUT2D eigenvalue weighted by Crippen LogP contribution is 2.45. The van der Waals surface area contributed by atoms with Crippen molar-refractivity contribution in [3.63, 3.8) is 0 Å². The second-order valence-corrected chi connectivity index (χ2v) is 2.73. The van der Waals surface area contributed by atoms with Gasteiger partial charge in [0, 0.05) is 0 Å². The fraction of sp³-hybridized carbons (Fsp3) is 1.00. The Labute approximate surface area is 52.9 Å². The van der Waals surface area contributed by atoms with Gasteiger partial charge in [0.05, 0.1) is 0 Å². The Balaban J connectivity index is 2.30. The van der Waals surface area contributed by atoms with Gasteiger partial charge in [-0.25, -0.2) is 0 Å². The third-order valence-electron chi connectivity index (χ3n) is 1.66. The summed E-state index contributed by atoms with van der Waals surface area (Å²) in [5.41, 5.74) is -0.725. The summed E-state index contributed by atoms with van der Waals surface area (Å²) >= 11 is 0. The summed E-state index contributed by atoms with van der Waals surface area (Å²) in [6.45, 7) is 3.42. The summed E-state index contributed by atoms with van der Waals surface area (Å²) in [6.07, 6.45) is 0. The fourth-order valence-electron chi connectivity index (χ4n) is 0.917. The van der Waals surface area contributed by atoms with Crippen LogP contribution in [0, 0.1) is 0 Å². The van der Waals surface area contributed by atoms with E-state index in [1.54, 1.807) is 13.8 Å². The number of hydrogen-bond acceptors (Lipinski definition) is 4. The molecule has 0 radical (unpaired) electrons. The molecule has 3 aliphatic heterocycles. The maximum Gasteiger partial charge on any atom is 0.647 e. The summed E-state index contributed by atoms with van der Waals surface area (Å²) < 4.78 is 14.6. The van der Waals surface area contributed by atoms with Crippen LogP contribution in [0.4, 0.5) is 0 Å². The molecule has 0 aromatic heterocycles. The molecule has 0 aliphatic carbocycles. The largest absolute Gasteiger partial charge is 0.647 e. The van der Waals surface area contributed by atoms with Crippen LogP contribution in [0.2, 0.25) is 0 Å². The van der Waals surface area contributed by atoms with Gasteiger partial charge in [-0.05, 0) is 13.8 Å². The van der Waals surface area contributed by atoms with Crippen molar-refractivity contribution in [2.75, 3.05) is 0 Å². The first-order chi connectivity index (χ1) is 4.04. The van der Waals surface area contributed by atoms with Crippen molar-refractivity contribution in [2.45, 2.75) is 25.4 Å². The van der Waals surface area contributed by atoms with Gasteiger partial charge in [0.15, 0.2) is 0 Å². The van der Waals surface area contributed by atoms with Crippen LogP contribution in [-0.2, 0) is 14.0 Å². The van der Waals surface area contributed by atoms with E-state index in [1.807, 2.05) is 0 Å². The molecular formula is C4H7BO4. The van der Waals surface area contributed by atoms with Gasteiger partial charge in [-0.1, -0.05) is 0 Å². The van der Waals surface area contributed by atoms with Crippen LogP contribution in [0.1, 0.15) is 13.8 Å². The molecule has 0 amide bonds. The van der Waals surface area contributed by atoms with E-state index in [2.05, 4.69) is 0 Å². The summed E-state index contributed by atoms with van der Waals surface area (Å²) in [6, 6.07) is 0. The molecule has 3 rings (SSSR count). The number of hydrogen-bond donors (Lipinski definition) is 1. The lowest BCUT2D eigenvalue weighted by Crippen LogP contribution is -2.55. The van der Waals surface area contributed by atoms with Gasteiger partial charge in [0.2, 0.25) is 0 Å². The first kappa shape index (κ1) is 5.67. The Bertz CT molecular complexity index is 148. The highest BCUT2D eigenvalue weighted by molar-refractivity contribution is 6.40. The van der Waals surface area contributed by atoms with E-state index < -0.39 is 18.9 Å². The van der Waals surface area contributed by atoms with Gasteiger partial charge >= 0.3 is 7.32 Å². The molecule has 3 heterocycles. The average Bonchev–Trinajstić information content (AvgIpc) is 1.85. The zero-order valence-electron chi connectivity index (χ0n) is 5.25. The SMILES string of the molecule is CC1(C)OB2OC1(O)O2. The highest BCUT2D eigenvalue weighted by Gasteiger charge is 2.71. The van der Waals surface area contributed by atoms with Gasteiger partial charge in [-0.15, -0.1) is 0 Å². The summed E-state index contributed by atoms with van der Waals surface area (Å²) in [4.78, 5) is 0. The fourth-order valence-corrected chi connectivity index (χ4v) is 0.917. The molecule has 9 heavy (non-hydrogen) atoms. The Morgan fingerprint density at radius 1 is 1.22 bits per heavy atom. The van der Waals surface area contributed by atoms with E-state index in [9.17, 15) is 5.11 Å². The average molecular weight is 130 g/mol. The topological polar surface area (TPSA) is 47.9 Å². The molecule has 0 atom stereocenters. The molecule has 0 saturated carbocycles. The van der Waals surface area contributed by atoms with Gasteiger partial charge in [0.1, 0.15) is 5.60 Å². The molecule has 3 saturated heterocycles. The maximum absolute atomic E-state index is 9.22. The number of fused-ring (bicyclic) bond motifs is 1. The molecule has 0 aromatic rings. The van der Waals surface area contributed by atoms with Gasteiger partial charge < -0.3 is 19.1 Å². The first-order valence-electron chi connectivity index (χ1n) is 2.79. The Morgan fingerprint density at radius 2 is 1.78 bits per heavy atom. The minimum atomic E-state index is -1.49. The van der Waals surface area contributed by atoms with Crippen LogP contribution in [0.25, 0.3) is 0 Å². The van der Waals surface area contributed by atoms with Gasteiger partial charge in [0.25, 0.3) is 5.97 Å². The van der Waals surface area contributed by atoms with Crippen molar-refractivity contribution in [2.24, 2.45) is 0 Å². The molecule has 0 spiro atoms. The van der Waals surface area contributed by atoms with Crippen molar-refractivity contribution >= 4 is 7.32 Å². The minimum absolute atomic E-state index is 0.648. The van der Waals surface area contributed by atoms with E-state index in [4.69, 9.17) is 14.0 Å². The normalized spacial score (nSPS) is 34.3. The lowest BCUT2D eigenvalue weighted by molar-refractivity contribution is -0.353. The van der Waals surface area contributed by atoms with E-state index in [1.165, 1.54) is 0 Å². The van der Waals surface area contributed by atoms with Crippen LogP contribution in [-0.4, -0.2) is 24.0 Å².